The van der Waals surface area contributed by atoms with E-state index in [0.717, 1.165) is 11.3 Å². The normalized spacial score (nSPS) is 10.5. The molecule has 0 aliphatic carbocycles. The van der Waals surface area contributed by atoms with Crippen molar-refractivity contribution >= 4 is 34.3 Å². The molecule has 26 heavy (non-hydrogen) atoms. The van der Waals surface area contributed by atoms with Gasteiger partial charge in [-0.3, -0.25) is 5.32 Å². The van der Waals surface area contributed by atoms with Crippen LogP contribution in [0.15, 0.2) is 35.7 Å². The number of aromatic nitrogens is 4. The van der Waals surface area contributed by atoms with Crippen LogP contribution in [0, 0.1) is 0 Å². The second-order valence-electron chi connectivity index (χ2n) is 5.14. The zero-order chi connectivity index (χ0) is 18.2. The fraction of sp³-hybridized carbons (Fsp3) is 0.250. The molecule has 9 nitrogen and oxygen atoms in total. The number of hydrogen-bond donors (Lipinski definition) is 5. The number of thiazole rings is 1. The number of anilines is 4. The zero-order valence-corrected chi connectivity index (χ0v) is 14.7. The van der Waals surface area contributed by atoms with Gasteiger partial charge in [0.1, 0.15) is 0 Å². The van der Waals surface area contributed by atoms with Crippen molar-refractivity contribution in [3.05, 3.63) is 35.7 Å². The molecule has 0 unspecified atom stereocenters. The van der Waals surface area contributed by atoms with E-state index < -0.39 is 0 Å². The van der Waals surface area contributed by atoms with E-state index in [0.29, 0.717) is 36.1 Å². The Labute approximate surface area is 154 Å². The summed E-state index contributed by atoms with van der Waals surface area (Å²) in [5, 5.41) is 29.4. The van der Waals surface area contributed by atoms with Crippen LogP contribution >= 0.6 is 11.3 Å². The molecule has 0 aliphatic heterocycles. The number of rotatable bonds is 9. The van der Waals surface area contributed by atoms with Gasteiger partial charge in [0.25, 0.3) is 0 Å². The van der Waals surface area contributed by atoms with Crippen LogP contribution in [0.1, 0.15) is 0 Å². The molecule has 0 bridgehead atoms. The minimum Gasteiger partial charge on any atom is -0.395 e. The summed E-state index contributed by atoms with van der Waals surface area (Å²) in [4.78, 5) is 17.3. The smallest absolute Gasteiger partial charge is 0.235 e. The molecule has 3 rings (SSSR count). The Kier molecular flexibility index (Phi) is 6.25. The van der Waals surface area contributed by atoms with Crippen LogP contribution in [0.3, 0.4) is 0 Å². The van der Waals surface area contributed by atoms with Gasteiger partial charge in [0.2, 0.25) is 17.8 Å². The SMILES string of the molecule is OCCNc1nc(NCCO)nc(Nc2nc(-c3ccccc3)cs2)n1. The van der Waals surface area contributed by atoms with Crippen molar-refractivity contribution in [2.75, 3.05) is 42.3 Å². The second-order valence-corrected chi connectivity index (χ2v) is 5.99. The van der Waals surface area contributed by atoms with Gasteiger partial charge in [0, 0.05) is 24.0 Å². The summed E-state index contributed by atoms with van der Waals surface area (Å²) in [5.74, 6) is 0.948. The number of benzene rings is 1. The highest BCUT2D eigenvalue weighted by Gasteiger charge is 2.09. The third-order valence-corrected chi connectivity index (χ3v) is 3.98. The van der Waals surface area contributed by atoms with Gasteiger partial charge in [0.15, 0.2) is 5.13 Å². The summed E-state index contributed by atoms with van der Waals surface area (Å²) in [6.45, 7) is 0.554. The lowest BCUT2D eigenvalue weighted by Gasteiger charge is -2.09. The average Bonchev–Trinajstić information content (AvgIpc) is 3.14. The van der Waals surface area contributed by atoms with E-state index in [9.17, 15) is 0 Å². The molecule has 0 amide bonds. The zero-order valence-electron chi connectivity index (χ0n) is 13.9. The molecule has 10 heteroatoms. The predicted molar refractivity (Wildman–Crippen MR) is 102 cm³/mol. The first-order valence-corrected chi connectivity index (χ1v) is 8.90. The van der Waals surface area contributed by atoms with Crippen LogP contribution in [-0.4, -0.2) is 56.5 Å². The molecule has 0 atom stereocenters. The molecule has 1 aromatic carbocycles. The molecule has 0 saturated heterocycles. The van der Waals surface area contributed by atoms with Crippen LogP contribution < -0.4 is 16.0 Å². The molecule has 3 aromatic rings. The largest absolute Gasteiger partial charge is 0.395 e. The average molecular weight is 373 g/mol. The third kappa shape index (κ3) is 4.85. The van der Waals surface area contributed by atoms with Crippen molar-refractivity contribution in [1.82, 2.24) is 19.9 Å². The van der Waals surface area contributed by atoms with Gasteiger partial charge in [-0.1, -0.05) is 30.3 Å². The fourth-order valence-electron chi connectivity index (χ4n) is 2.09. The Morgan fingerprint density at radius 1 is 0.808 bits per heavy atom. The maximum absolute atomic E-state index is 8.95. The topological polar surface area (TPSA) is 128 Å². The Morgan fingerprint density at radius 3 is 2.04 bits per heavy atom. The van der Waals surface area contributed by atoms with Gasteiger partial charge in [-0.05, 0) is 0 Å². The number of nitrogens with zero attached hydrogens (tertiary/aromatic N) is 4. The van der Waals surface area contributed by atoms with Crippen molar-refractivity contribution in [2.24, 2.45) is 0 Å². The molecule has 136 valence electrons. The number of aliphatic hydroxyl groups excluding tert-OH is 2. The van der Waals surface area contributed by atoms with Crippen molar-refractivity contribution in [3.63, 3.8) is 0 Å². The Bertz CT molecular complexity index is 802. The first-order valence-electron chi connectivity index (χ1n) is 8.02. The first kappa shape index (κ1) is 18.0. The minimum atomic E-state index is -0.0409. The maximum Gasteiger partial charge on any atom is 0.235 e. The monoisotopic (exact) mass is 373 g/mol. The van der Waals surface area contributed by atoms with Crippen molar-refractivity contribution in [2.45, 2.75) is 0 Å². The van der Waals surface area contributed by atoms with Crippen LogP contribution in [-0.2, 0) is 0 Å². The standard InChI is InChI=1S/C16H19N7O2S/c24-8-6-17-13-20-14(18-7-9-25)22-15(21-13)23-16-19-12(10-26-16)11-4-2-1-3-5-11/h1-5,10,24-25H,6-9H2,(H3,17,18,19,20,21,22,23). The summed E-state index contributed by atoms with van der Waals surface area (Å²) in [7, 11) is 0. The molecular formula is C16H19N7O2S. The van der Waals surface area contributed by atoms with Crippen LogP contribution in [0.25, 0.3) is 11.3 Å². The highest BCUT2D eigenvalue weighted by Crippen LogP contribution is 2.26. The highest BCUT2D eigenvalue weighted by molar-refractivity contribution is 7.14. The molecule has 0 saturated carbocycles. The van der Waals surface area contributed by atoms with Gasteiger partial charge in [-0.25, -0.2) is 4.98 Å². The second kappa shape index (κ2) is 9.04. The van der Waals surface area contributed by atoms with Crippen LogP contribution in [0.2, 0.25) is 0 Å². The lowest BCUT2D eigenvalue weighted by molar-refractivity contribution is 0.310. The lowest BCUT2D eigenvalue weighted by Crippen LogP contribution is -2.14. The van der Waals surface area contributed by atoms with Gasteiger partial charge in [0.05, 0.1) is 18.9 Å². The van der Waals surface area contributed by atoms with Gasteiger partial charge >= 0.3 is 0 Å². The van der Waals surface area contributed by atoms with Crippen molar-refractivity contribution < 1.29 is 10.2 Å². The van der Waals surface area contributed by atoms with E-state index in [1.165, 1.54) is 11.3 Å². The highest BCUT2D eigenvalue weighted by atomic mass is 32.1. The molecule has 0 aliphatic rings. The number of nitrogens with one attached hydrogen (secondary N) is 3. The lowest BCUT2D eigenvalue weighted by atomic mass is 10.2. The maximum atomic E-state index is 8.95. The molecule has 0 spiro atoms. The van der Waals surface area contributed by atoms with Crippen LogP contribution in [0.4, 0.5) is 23.0 Å². The number of aliphatic hydroxyl groups is 2. The summed E-state index contributed by atoms with van der Waals surface area (Å²) >= 11 is 1.44. The Morgan fingerprint density at radius 2 is 1.42 bits per heavy atom. The van der Waals surface area contributed by atoms with E-state index in [-0.39, 0.29) is 13.2 Å². The predicted octanol–water partition coefficient (Wildman–Crippen LogP) is 1.55. The summed E-state index contributed by atoms with van der Waals surface area (Å²) in [6.07, 6.45) is 0. The summed E-state index contributed by atoms with van der Waals surface area (Å²) in [6, 6.07) is 9.88. The van der Waals surface area contributed by atoms with Gasteiger partial charge in [-0.2, -0.15) is 15.0 Å². The molecule has 5 N–H and O–H groups in total. The molecule has 0 fully saturated rings. The quantitative estimate of drug-likeness (QED) is 0.379. The Balaban J connectivity index is 1.78. The Hall–Kier alpha value is -2.82. The fourth-order valence-corrected chi connectivity index (χ4v) is 2.81. The first-order chi connectivity index (χ1) is 12.8. The van der Waals surface area contributed by atoms with E-state index in [2.05, 4.69) is 35.9 Å². The molecule has 2 aromatic heterocycles. The molecule has 0 radical (unpaired) electrons. The van der Waals surface area contributed by atoms with E-state index in [1.54, 1.807) is 0 Å². The molecule has 2 heterocycles. The minimum absolute atomic E-state index is 0.0409. The van der Waals surface area contributed by atoms with Crippen molar-refractivity contribution in [3.8, 4) is 11.3 Å². The summed E-state index contributed by atoms with van der Waals surface area (Å²) in [5.41, 5.74) is 1.90. The van der Waals surface area contributed by atoms with Crippen LogP contribution in [0.5, 0.6) is 0 Å². The van der Waals surface area contributed by atoms with Gasteiger partial charge < -0.3 is 20.8 Å². The third-order valence-electron chi connectivity index (χ3n) is 3.22. The van der Waals surface area contributed by atoms with E-state index in [1.807, 2.05) is 35.7 Å². The van der Waals surface area contributed by atoms with Gasteiger partial charge in [-0.15, -0.1) is 11.3 Å². The number of hydrogen-bond acceptors (Lipinski definition) is 10. The van der Waals surface area contributed by atoms with E-state index >= 15 is 0 Å². The molecular weight excluding hydrogens is 354 g/mol. The summed E-state index contributed by atoms with van der Waals surface area (Å²) < 4.78 is 0. The van der Waals surface area contributed by atoms with Crippen molar-refractivity contribution in [1.29, 1.82) is 0 Å². The van der Waals surface area contributed by atoms with E-state index in [4.69, 9.17) is 10.2 Å².